The number of pyridine rings is 1. The highest BCUT2D eigenvalue weighted by Gasteiger charge is 2.33. The number of hydrogen-bond acceptors (Lipinski definition) is 6. The third kappa shape index (κ3) is 6.91. The molecule has 1 aromatic carbocycles. The molecule has 1 aliphatic carbocycles. The summed E-state index contributed by atoms with van der Waals surface area (Å²) in [7, 11) is 0. The SMILES string of the molecule is O=C(Nc1ccc(C[C@H](NC(=O)[C@@H]2C[C@@H](SC3CCCC3)CN2)C(=O)O)cc1)c1c(Cl)cncc1Cl. The number of aromatic nitrogens is 1. The Morgan fingerprint density at radius 3 is 2.39 bits per heavy atom. The third-order valence-electron chi connectivity index (χ3n) is 6.44. The van der Waals surface area contributed by atoms with E-state index in [0.29, 0.717) is 28.2 Å². The van der Waals surface area contributed by atoms with Gasteiger partial charge < -0.3 is 21.1 Å². The second-order valence-corrected chi connectivity index (χ2v) is 11.5. The van der Waals surface area contributed by atoms with Gasteiger partial charge in [0.2, 0.25) is 5.91 Å². The van der Waals surface area contributed by atoms with Gasteiger partial charge in [-0.05, 0) is 37.0 Å². The highest BCUT2D eigenvalue weighted by molar-refractivity contribution is 8.00. The van der Waals surface area contributed by atoms with Gasteiger partial charge >= 0.3 is 5.97 Å². The molecule has 1 saturated heterocycles. The number of nitrogens with one attached hydrogen (secondary N) is 3. The second kappa shape index (κ2) is 12.3. The van der Waals surface area contributed by atoms with Crippen LogP contribution in [-0.4, -0.2) is 57.0 Å². The number of anilines is 1. The van der Waals surface area contributed by atoms with Gasteiger partial charge in [0.1, 0.15) is 6.04 Å². The number of benzene rings is 1. The minimum Gasteiger partial charge on any atom is -0.480 e. The minimum absolute atomic E-state index is 0.115. The number of amides is 2. The molecule has 3 atom stereocenters. The summed E-state index contributed by atoms with van der Waals surface area (Å²) in [5.74, 6) is -1.87. The van der Waals surface area contributed by atoms with Crippen molar-refractivity contribution >= 4 is 58.4 Å². The van der Waals surface area contributed by atoms with Gasteiger partial charge in [-0.2, -0.15) is 11.8 Å². The monoisotopic (exact) mass is 550 g/mol. The number of halogens is 2. The molecule has 4 rings (SSSR count). The maximum atomic E-state index is 12.8. The Hall–Kier alpha value is -2.33. The molecule has 0 bridgehead atoms. The average Bonchev–Trinajstić information content (AvgIpc) is 3.52. The van der Waals surface area contributed by atoms with Crippen LogP contribution in [0.15, 0.2) is 36.7 Å². The van der Waals surface area contributed by atoms with Gasteiger partial charge in [0.15, 0.2) is 0 Å². The number of rotatable bonds is 9. The molecule has 1 saturated carbocycles. The molecular weight excluding hydrogens is 523 g/mol. The zero-order valence-electron chi connectivity index (χ0n) is 19.5. The van der Waals surface area contributed by atoms with Gasteiger partial charge in [-0.3, -0.25) is 14.6 Å². The van der Waals surface area contributed by atoms with Crippen LogP contribution in [0.1, 0.15) is 48.0 Å². The molecule has 0 spiro atoms. The Bertz CT molecular complexity index is 1090. The number of aliphatic carboxylic acids is 1. The van der Waals surface area contributed by atoms with Crippen molar-refractivity contribution in [3.05, 3.63) is 57.8 Å². The van der Waals surface area contributed by atoms with Crippen LogP contribution in [0.5, 0.6) is 0 Å². The smallest absolute Gasteiger partial charge is 0.326 e. The number of carbonyl (C=O) groups excluding carboxylic acids is 2. The Labute approximate surface area is 223 Å². The fourth-order valence-corrected chi connectivity index (χ4v) is 6.74. The van der Waals surface area contributed by atoms with Gasteiger partial charge in [-0.15, -0.1) is 0 Å². The molecule has 8 nitrogen and oxygen atoms in total. The average molecular weight is 551 g/mol. The molecule has 4 N–H and O–H groups in total. The van der Waals surface area contributed by atoms with Crippen molar-refractivity contribution in [2.75, 3.05) is 11.9 Å². The molecule has 2 amide bonds. The molecule has 2 aromatic rings. The lowest BCUT2D eigenvalue weighted by atomic mass is 10.0. The topological polar surface area (TPSA) is 120 Å². The first kappa shape index (κ1) is 26.7. The lowest BCUT2D eigenvalue weighted by Gasteiger charge is -2.18. The largest absolute Gasteiger partial charge is 0.480 e. The Balaban J connectivity index is 1.31. The molecular formula is C25H28Cl2N4O4S. The molecule has 0 radical (unpaired) electrons. The van der Waals surface area contributed by atoms with E-state index < -0.39 is 17.9 Å². The first-order valence-electron chi connectivity index (χ1n) is 11.9. The fraction of sp³-hybridized carbons (Fsp3) is 0.440. The van der Waals surface area contributed by atoms with Crippen molar-refractivity contribution in [1.29, 1.82) is 0 Å². The summed E-state index contributed by atoms with van der Waals surface area (Å²) in [6.07, 6.45) is 8.54. The van der Waals surface area contributed by atoms with Crippen molar-refractivity contribution in [2.45, 2.75) is 61.1 Å². The van der Waals surface area contributed by atoms with E-state index in [0.717, 1.165) is 6.54 Å². The number of carboxylic acids is 1. The van der Waals surface area contributed by atoms with E-state index in [1.807, 2.05) is 11.8 Å². The third-order valence-corrected chi connectivity index (χ3v) is 8.61. The lowest BCUT2D eigenvalue weighted by Crippen LogP contribution is -2.49. The van der Waals surface area contributed by atoms with Gasteiger partial charge in [0.25, 0.3) is 5.91 Å². The van der Waals surface area contributed by atoms with Crippen LogP contribution >= 0.6 is 35.0 Å². The van der Waals surface area contributed by atoms with E-state index in [1.54, 1.807) is 24.3 Å². The molecule has 2 fully saturated rings. The summed E-state index contributed by atoms with van der Waals surface area (Å²) in [4.78, 5) is 41.0. The maximum absolute atomic E-state index is 12.8. The Morgan fingerprint density at radius 1 is 1.08 bits per heavy atom. The van der Waals surface area contributed by atoms with Crippen LogP contribution < -0.4 is 16.0 Å². The standard InChI is InChI=1S/C25H28Cl2N4O4S/c26-18-12-28-13-19(27)22(18)24(33)30-15-7-5-14(6-8-15)9-21(25(34)35)31-23(32)20-10-17(11-29-20)36-16-3-1-2-4-16/h5-8,12-13,16-17,20-21,29H,1-4,9-11H2,(H,30,33)(H,31,32)(H,34,35)/t17-,20+,21+/m1/s1. The number of carbonyl (C=O) groups is 3. The van der Waals surface area contributed by atoms with Crippen LogP contribution in [0, 0.1) is 0 Å². The highest BCUT2D eigenvalue weighted by Crippen LogP contribution is 2.35. The zero-order chi connectivity index (χ0) is 25.7. The van der Waals surface area contributed by atoms with E-state index >= 15 is 0 Å². The lowest BCUT2D eigenvalue weighted by molar-refractivity contribution is -0.142. The normalized spacial score (nSPS) is 20.7. The fourth-order valence-electron chi connectivity index (χ4n) is 4.56. The van der Waals surface area contributed by atoms with Crippen molar-refractivity contribution in [3.8, 4) is 0 Å². The summed E-state index contributed by atoms with van der Waals surface area (Å²) in [6, 6.07) is 5.28. The van der Waals surface area contributed by atoms with Gasteiger partial charge in [-0.25, -0.2) is 4.79 Å². The molecule has 1 aliphatic heterocycles. The van der Waals surface area contributed by atoms with E-state index in [9.17, 15) is 19.5 Å². The first-order valence-corrected chi connectivity index (χ1v) is 13.6. The van der Waals surface area contributed by atoms with E-state index in [2.05, 4.69) is 20.9 Å². The summed E-state index contributed by atoms with van der Waals surface area (Å²) in [6.45, 7) is 0.764. The number of nitrogens with zero attached hydrogens (tertiary/aromatic N) is 1. The van der Waals surface area contributed by atoms with Gasteiger partial charge in [-0.1, -0.05) is 48.2 Å². The van der Waals surface area contributed by atoms with Crippen LogP contribution in [0.2, 0.25) is 10.0 Å². The summed E-state index contributed by atoms with van der Waals surface area (Å²) < 4.78 is 0. The predicted octanol–water partition coefficient (Wildman–Crippen LogP) is 4.16. The number of carboxylic acid groups (broad SMARTS) is 1. The molecule has 1 aromatic heterocycles. The summed E-state index contributed by atoms with van der Waals surface area (Å²) >= 11 is 14.0. The van der Waals surface area contributed by atoms with E-state index in [4.69, 9.17) is 23.2 Å². The second-order valence-electron chi connectivity index (χ2n) is 9.09. The van der Waals surface area contributed by atoms with Crippen LogP contribution in [0.25, 0.3) is 0 Å². The molecule has 11 heteroatoms. The van der Waals surface area contributed by atoms with Gasteiger partial charge in [0, 0.05) is 41.5 Å². The molecule has 36 heavy (non-hydrogen) atoms. The number of thioether (sulfide) groups is 1. The molecule has 2 aliphatic rings. The minimum atomic E-state index is -1.10. The van der Waals surface area contributed by atoms with Gasteiger partial charge in [0.05, 0.1) is 21.7 Å². The van der Waals surface area contributed by atoms with Crippen molar-refractivity contribution in [1.82, 2.24) is 15.6 Å². The quantitative estimate of drug-likeness (QED) is 0.370. The molecule has 192 valence electrons. The summed E-state index contributed by atoms with van der Waals surface area (Å²) in [5.41, 5.74) is 1.31. The van der Waals surface area contributed by atoms with Crippen LogP contribution in [-0.2, 0) is 16.0 Å². The molecule has 2 heterocycles. The zero-order valence-corrected chi connectivity index (χ0v) is 21.8. The summed E-state index contributed by atoms with van der Waals surface area (Å²) in [5, 5.41) is 19.7. The van der Waals surface area contributed by atoms with E-state index in [-0.39, 0.29) is 34.0 Å². The van der Waals surface area contributed by atoms with Crippen LogP contribution in [0.4, 0.5) is 5.69 Å². The van der Waals surface area contributed by atoms with Crippen molar-refractivity contribution in [2.24, 2.45) is 0 Å². The van der Waals surface area contributed by atoms with E-state index in [1.165, 1.54) is 38.1 Å². The number of hydrogen-bond donors (Lipinski definition) is 4. The Kier molecular flexibility index (Phi) is 9.11. The first-order chi connectivity index (χ1) is 17.3. The maximum Gasteiger partial charge on any atom is 0.326 e. The highest BCUT2D eigenvalue weighted by atomic mass is 35.5. The van der Waals surface area contributed by atoms with Crippen molar-refractivity contribution < 1.29 is 19.5 Å². The Morgan fingerprint density at radius 2 is 1.75 bits per heavy atom. The predicted molar refractivity (Wildman–Crippen MR) is 142 cm³/mol. The van der Waals surface area contributed by atoms with Crippen LogP contribution in [0.3, 0.4) is 0 Å². The molecule has 0 unspecified atom stereocenters. The van der Waals surface area contributed by atoms with Crippen molar-refractivity contribution in [3.63, 3.8) is 0 Å².